The number of hydrogen-bond donors (Lipinski definition) is 1. The second kappa shape index (κ2) is 8.40. The van der Waals surface area contributed by atoms with Crippen LogP contribution < -0.4 is 10.1 Å². The van der Waals surface area contributed by atoms with Gasteiger partial charge in [-0.15, -0.1) is 0 Å². The maximum Gasteiger partial charge on any atom is 0.234 e. The van der Waals surface area contributed by atoms with Crippen LogP contribution >= 0.6 is 0 Å². The van der Waals surface area contributed by atoms with Crippen LogP contribution in [0.1, 0.15) is 51.1 Å². The molecule has 1 unspecified atom stereocenters. The first kappa shape index (κ1) is 19.2. The fraction of sp³-hybridized carbons (Fsp3) is 0.667. The monoisotopic (exact) mass is 360 g/mol. The molecule has 1 saturated carbocycles. The number of rotatable bonds is 6. The van der Waals surface area contributed by atoms with Gasteiger partial charge in [0.1, 0.15) is 5.75 Å². The molecule has 2 fully saturated rings. The van der Waals surface area contributed by atoms with Crippen LogP contribution in [0.25, 0.3) is 0 Å². The van der Waals surface area contributed by atoms with E-state index in [-0.39, 0.29) is 17.6 Å². The molecule has 0 bridgehead atoms. The molecule has 144 valence electrons. The van der Waals surface area contributed by atoms with Crippen molar-refractivity contribution in [2.75, 3.05) is 33.4 Å². The first-order chi connectivity index (χ1) is 12.5. The van der Waals surface area contributed by atoms with Gasteiger partial charge in [0.2, 0.25) is 5.91 Å². The Morgan fingerprint density at radius 1 is 1.27 bits per heavy atom. The van der Waals surface area contributed by atoms with E-state index < -0.39 is 0 Å². The van der Waals surface area contributed by atoms with E-state index in [9.17, 15) is 4.79 Å². The smallest absolute Gasteiger partial charge is 0.234 e. The van der Waals surface area contributed by atoms with E-state index in [1.54, 1.807) is 7.11 Å². The quantitative estimate of drug-likeness (QED) is 0.847. The molecule has 1 spiro atoms. The predicted molar refractivity (Wildman–Crippen MR) is 102 cm³/mol. The molecule has 1 aliphatic heterocycles. The number of amides is 1. The number of nitrogens with one attached hydrogen (secondary N) is 1. The summed E-state index contributed by atoms with van der Waals surface area (Å²) in [5.74, 6) is 1.24. The summed E-state index contributed by atoms with van der Waals surface area (Å²) >= 11 is 0. The fourth-order valence-electron chi connectivity index (χ4n) is 4.25. The van der Waals surface area contributed by atoms with Crippen LogP contribution in [0.15, 0.2) is 24.3 Å². The van der Waals surface area contributed by atoms with Crippen LogP contribution in [0.4, 0.5) is 0 Å². The molecule has 1 heterocycles. The number of carbonyl (C=O) groups excluding carboxylic acids is 1. The number of hydrogen-bond acceptors (Lipinski definition) is 4. The summed E-state index contributed by atoms with van der Waals surface area (Å²) in [5, 5.41) is 3.23. The van der Waals surface area contributed by atoms with Gasteiger partial charge in [-0.1, -0.05) is 38.8 Å². The zero-order valence-corrected chi connectivity index (χ0v) is 16.3. The number of morpholine rings is 1. The van der Waals surface area contributed by atoms with E-state index in [1.165, 1.54) is 12.8 Å². The summed E-state index contributed by atoms with van der Waals surface area (Å²) in [6, 6.07) is 7.97. The van der Waals surface area contributed by atoms with Crippen molar-refractivity contribution in [1.82, 2.24) is 10.2 Å². The zero-order valence-electron chi connectivity index (χ0n) is 16.3. The summed E-state index contributed by atoms with van der Waals surface area (Å²) in [6.45, 7) is 7.18. The Bertz CT molecular complexity index is 594. The molecular formula is C21H32N2O3. The summed E-state index contributed by atoms with van der Waals surface area (Å²) in [4.78, 5) is 15.0. The van der Waals surface area contributed by atoms with E-state index in [2.05, 4.69) is 24.1 Å². The molecule has 1 amide bonds. The molecule has 5 nitrogen and oxygen atoms in total. The second-order valence-electron chi connectivity index (χ2n) is 8.01. The molecule has 1 atom stereocenters. The van der Waals surface area contributed by atoms with Crippen LogP contribution in [-0.2, 0) is 9.53 Å². The van der Waals surface area contributed by atoms with Crippen LogP contribution in [-0.4, -0.2) is 49.8 Å². The van der Waals surface area contributed by atoms with Crippen molar-refractivity contribution in [1.29, 1.82) is 0 Å². The first-order valence-electron chi connectivity index (χ1n) is 9.81. The van der Waals surface area contributed by atoms with Gasteiger partial charge in [-0.3, -0.25) is 9.69 Å². The topological polar surface area (TPSA) is 50.8 Å². The molecular weight excluding hydrogens is 328 g/mol. The Labute approximate surface area is 157 Å². The normalized spacial score (nSPS) is 21.1. The minimum absolute atomic E-state index is 0.00592. The fourth-order valence-corrected chi connectivity index (χ4v) is 4.25. The highest BCUT2D eigenvalue weighted by molar-refractivity contribution is 5.78. The van der Waals surface area contributed by atoms with Gasteiger partial charge in [0.05, 0.1) is 31.9 Å². The minimum atomic E-state index is 0.00592. The van der Waals surface area contributed by atoms with Gasteiger partial charge < -0.3 is 14.8 Å². The van der Waals surface area contributed by atoms with E-state index in [4.69, 9.17) is 9.47 Å². The Kier molecular flexibility index (Phi) is 6.20. The molecule has 26 heavy (non-hydrogen) atoms. The van der Waals surface area contributed by atoms with Gasteiger partial charge in [0.15, 0.2) is 0 Å². The van der Waals surface area contributed by atoms with Crippen LogP contribution in [0.2, 0.25) is 0 Å². The maximum atomic E-state index is 12.7. The van der Waals surface area contributed by atoms with E-state index in [0.717, 1.165) is 43.9 Å². The predicted octanol–water partition coefficient (Wildman–Crippen LogP) is 3.15. The second-order valence-corrected chi connectivity index (χ2v) is 8.01. The Balaban J connectivity index is 1.59. The van der Waals surface area contributed by atoms with Crippen molar-refractivity contribution in [3.63, 3.8) is 0 Å². The van der Waals surface area contributed by atoms with Gasteiger partial charge >= 0.3 is 0 Å². The molecule has 0 radical (unpaired) electrons. The Morgan fingerprint density at radius 2 is 1.96 bits per heavy atom. The van der Waals surface area contributed by atoms with Crippen LogP contribution in [0.3, 0.4) is 0 Å². The van der Waals surface area contributed by atoms with Crippen molar-refractivity contribution >= 4 is 5.91 Å². The average molecular weight is 360 g/mol. The van der Waals surface area contributed by atoms with Crippen molar-refractivity contribution in [2.45, 2.75) is 51.2 Å². The minimum Gasteiger partial charge on any atom is -0.497 e. The molecule has 2 aliphatic rings. The third-order valence-corrected chi connectivity index (χ3v) is 5.67. The third kappa shape index (κ3) is 4.57. The molecule has 3 rings (SSSR count). The lowest BCUT2D eigenvalue weighted by Gasteiger charge is -2.40. The number of ether oxygens (including phenoxy) is 2. The summed E-state index contributed by atoms with van der Waals surface area (Å²) in [5.41, 5.74) is 1.12. The lowest BCUT2D eigenvalue weighted by molar-refractivity contribution is -0.131. The van der Waals surface area contributed by atoms with E-state index in [0.29, 0.717) is 12.5 Å². The molecule has 1 saturated heterocycles. The molecule has 5 heteroatoms. The molecule has 1 aromatic rings. The molecule has 1 aromatic carbocycles. The van der Waals surface area contributed by atoms with Crippen molar-refractivity contribution in [2.24, 2.45) is 5.92 Å². The Hall–Kier alpha value is -1.59. The van der Waals surface area contributed by atoms with Crippen molar-refractivity contribution in [3.8, 4) is 5.75 Å². The first-order valence-corrected chi connectivity index (χ1v) is 9.81. The van der Waals surface area contributed by atoms with Gasteiger partial charge in [-0.2, -0.15) is 0 Å². The Morgan fingerprint density at radius 3 is 2.58 bits per heavy atom. The number of carbonyl (C=O) groups is 1. The lowest BCUT2D eigenvalue weighted by atomic mass is 9.95. The number of methoxy groups -OCH3 is 1. The standard InChI is InChI=1S/C21H32N2O3/c1-16(2)20(17-6-8-18(25-3)9-7-17)22-19(24)14-23-12-13-26-21(15-23)10-4-5-11-21/h6-9,16,20H,4-5,10-15H2,1-3H3,(H,22,24). The van der Waals surface area contributed by atoms with Crippen molar-refractivity contribution in [3.05, 3.63) is 29.8 Å². The molecule has 1 N–H and O–H groups in total. The lowest BCUT2D eigenvalue weighted by Crippen LogP contribution is -2.53. The third-order valence-electron chi connectivity index (χ3n) is 5.67. The maximum absolute atomic E-state index is 12.7. The number of benzene rings is 1. The average Bonchev–Trinajstić information content (AvgIpc) is 3.07. The SMILES string of the molecule is COc1ccc(C(NC(=O)CN2CCOC3(CCCC3)C2)C(C)C)cc1. The zero-order chi connectivity index (χ0) is 18.6. The van der Waals surface area contributed by atoms with Gasteiger partial charge in [-0.25, -0.2) is 0 Å². The number of nitrogens with zero attached hydrogens (tertiary/aromatic N) is 1. The summed E-state index contributed by atoms with van der Waals surface area (Å²) in [7, 11) is 1.66. The van der Waals surface area contributed by atoms with E-state index in [1.807, 2.05) is 24.3 Å². The highest BCUT2D eigenvalue weighted by Crippen LogP contribution is 2.35. The van der Waals surface area contributed by atoms with Gasteiger partial charge in [0.25, 0.3) is 0 Å². The highest BCUT2D eigenvalue weighted by Gasteiger charge is 2.39. The van der Waals surface area contributed by atoms with Crippen molar-refractivity contribution < 1.29 is 14.3 Å². The molecule has 0 aromatic heterocycles. The van der Waals surface area contributed by atoms with Gasteiger partial charge in [0, 0.05) is 13.1 Å². The largest absolute Gasteiger partial charge is 0.497 e. The van der Waals surface area contributed by atoms with E-state index >= 15 is 0 Å². The highest BCUT2D eigenvalue weighted by atomic mass is 16.5. The van der Waals surface area contributed by atoms with Gasteiger partial charge in [-0.05, 0) is 36.5 Å². The van der Waals surface area contributed by atoms with Crippen LogP contribution in [0.5, 0.6) is 5.75 Å². The van der Waals surface area contributed by atoms with Crippen LogP contribution in [0, 0.1) is 5.92 Å². The summed E-state index contributed by atoms with van der Waals surface area (Å²) < 4.78 is 11.3. The molecule has 1 aliphatic carbocycles. The summed E-state index contributed by atoms with van der Waals surface area (Å²) in [6.07, 6.45) is 4.75.